The van der Waals surface area contributed by atoms with Crippen LogP contribution < -0.4 is 15.4 Å². The minimum absolute atomic E-state index is 0.0159. The number of nitrogens with one attached hydrogen (secondary N) is 2. The quantitative estimate of drug-likeness (QED) is 0.572. The number of hydrogen-bond donors (Lipinski definition) is 2. The molecule has 2 N–H and O–H groups in total. The van der Waals surface area contributed by atoms with Crippen molar-refractivity contribution in [2.24, 2.45) is 7.05 Å². The zero-order chi connectivity index (χ0) is 21.5. The Hall–Kier alpha value is -3.39. The number of carbonyl (C=O) groups is 2. The molecule has 9 heteroatoms. The Bertz CT molecular complexity index is 1040. The molecule has 0 saturated carbocycles. The molecule has 0 bridgehead atoms. The molecule has 3 aromatic rings. The second kappa shape index (κ2) is 9.89. The largest absolute Gasteiger partial charge is 0.486 e. The van der Waals surface area contributed by atoms with Crippen molar-refractivity contribution >= 4 is 29.1 Å². The molecule has 156 valence electrons. The Morgan fingerprint density at radius 1 is 1.20 bits per heavy atom. The molecule has 0 aliphatic carbocycles. The molecule has 0 atom stereocenters. The molecule has 0 aliphatic heterocycles. The summed E-state index contributed by atoms with van der Waals surface area (Å²) in [7, 11) is 1.89. The van der Waals surface area contributed by atoms with Crippen LogP contribution in [0.1, 0.15) is 22.6 Å². The fraction of sp³-hybridized carbons (Fsp3) is 0.190. The minimum atomic E-state index is -0.524. The van der Waals surface area contributed by atoms with E-state index in [1.54, 1.807) is 30.5 Å². The van der Waals surface area contributed by atoms with E-state index < -0.39 is 11.7 Å². The monoisotopic (exact) mass is 430 g/mol. The van der Waals surface area contributed by atoms with E-state index in [4.69, 9.17) is 16.3 Å². The van der Waals surface area contributed by atoms with Crippen LogP contribution in [0.2, 0.25) is 5.02 Å². The molecular weight excluding hydrogens is 411 g/mol. The van der Waals surface area contributed by atoms with E-state index in [1.807, 2.05) is 17.8 Å². The Morgan fingerprint density at radius 3 is 2.63 bits per heavy atom. The van der Waals surface area contributed by atoms with Gasteiger partial charge in [-0.15, -0.1) is 0 Å². The van der Waals surface area contributed by atoms with Crippen LogP contribution in [-0.4, -0.2) is 27.9 Å². The SMILES string of the molecule is Cn1ccnc1COc1ccc(NC(=O)CCNC(=O)c2ccc(F)cc2Cl)cc1. The van der Waals surface area contributed by atoms with Crippen molar-refractivity contribution in [2.45, 2.75) is 13.0 Å². The summed E-state index contributed by atoms with van der Waals surface area (Å²) >= 11 is 5.85. The predicted octanol–water partition coefficient (Wildman–Crippen LogP) is 3.55. The summed E-state index contributed by atoms with van der Waals surface area (Å²) < 4.78 is 20.6. The van der Waals surface area contributed by atoms with Gasteiger partial charge < -0.3 is 19.9 Å². The number of anilines is 1. The molecule has 7 nitrogen and oxygen atoms in total. The number of aryl methyl sites for hydroxylation is 1. The van der Waals surface area contributed by atoms with Gasteiger partial charge in [-0.05, 0) is 42.5 Å². The summed E-state index contributed by atoms with van der Waals surface area (Å²) in [5, 5.41) is 5.34. The van der Waals surface area contributed by atoms with Gasteiger partial charge in [0.05, 0.1) is 10.6 Å². The zero-order valence-electron chi connectivity index (χ0n) is 16.2. The van der Waals surface area contributed by atoms with Crippen molar-refractivity contribution < 1.29 is 18.7 Å². The lowest BCUT2D eigenvalue weighted by molar-refractivity contribution is -0.116. The first-order valence-electron chi connectivity index (χ1n) is 9.14. The van der Waals surface area contributed by atoms with E-state index in [-0.39, 0.29) is 29.5 Å². The summed E-state index contributed by atoms with van der Waals surface area (Å²) in [6, 6.07) is 10.5. The van der Waals surface area contributed by atoms with Gasteiger partial charge in [-0.3, -0.25) is 9.59 Å². The molecule has 0 aliphatic rings. The van der Waals surface area contributed by atoms with E-state index in [0.717, 1.165) is 18.0 Å². The number of carbonyl (C=O) groups excluding carboxylic acids is 2. The number of ether oxygens (including phenoxy) is 1. The fourth-order valence-corrected chi connectivity index (χ4v) is 2.85. The lowest BCUT2D eigenvalue weighted by atomic mass is 10.2. The average Bonchev–Trinajstić information content (AvgIpc) is 3.12. The highest BCUT2D eigenvalue weighted by molar-refractivity contribution is 6.33. The van der Waals surface area contributed by atoms with Crippen LogP contribution in [0.4, 0.5) is 10.1 Å². The molecule has 0 saturated heterocycles. The third-order valence-electron chi connectivity index (χ3n) is 4.24. The molecule has 2 aromatic carbocycles. The number of imidazole rings is 1. The van der Waals surface area contributed by atoms with Crippen LogP contribution in [0, 0.1) is 5.82 Å². The molecule has 1 aromatic heterocycles. The van der Waals surface area contributed by atoms with Crippen molar-refractivity contribution in [3.8, 4) is 5.75 Å². The van der Waals surface area contributed by atoms with Gasteiger partial charge in [-0.1, -0.05) is 11.6 Å². The van der Waals surface area contributed by atoms with E-state index in [9.17, 15) is 14.0 Å². The maximum Gasteiger partial charge on any atom is 0.252 e. The van der Waals surface area contributed by atoms with Crippen LogP contribution in [0.5, 0.6) is 5.75 Å². The molecule has 0 fully saturated rings. The van der Waals surface area contributed by atoms with Crippen molar-refractivity contribution in [3.63, 3.8) is 0 Å². The van der Waals surface area contributed by atoms with E-state index in [1.165, 1.54) is 6.07 Å². The number of amides is 2. The lowest BCUT2D eigenvalue weighted by Crippen LogP contribution is -2.27. The maximum absolute atomic E-state index is 13.0. The molecule has 1 heterocycles. The second-order valence-electron chi connectivity index (χ2n) is 6.45. The predicted molar refractivity (Wildman–Crippen MR) is 111 cm³/mol. The summed E-state index contributed by atoms with van der Waals surface area (Å²) in [4.78, 5) is 28.3. The van der Waals surface area contributed by atoms with Crippen molar-refractivity contribution in [1.82, 2.24) is 14.9 Å². The van der Waals surface area contributed by atoms with Gasteiger partial charge in [0.1, 0.15) is 24.0 Å². The van der Waals surface area contributed by atoms with Crippen LogP contribution >= 0.6 is 11.6 Å². The summed E-state index contributed by atoms with van der Waals surface area (Å²) in [5.74, 6) is 0.198. The summed E-state index contributed by atoms with van der Waals surface area (Å²) in [6.45, 7) is 0.455. The van der Waals surface area contributed by atoms with Crippen LogP contribution in [0.25, 0.3) is 0 Å². The van der Waals surface area contributed by atoms with Crippen LogP contribution in [-0.2, 0) is 18.4 Å². The number of rotatable bonds is 8. The molecule has 0 radical (unpaired) electrons. The number of hydrogen-bond acceptors (Lipinski definition) is 4. The molecule has 0 spiro atoms. The van der Waals surface area contributed by atoms with Gasteiger partial charge >= 0.3 is 0 Å². The molecule has 3 rings (SSSR count). The van der Waals surface area contributed by atoms with Gasteiger partial charge in [0.2, 0.25) is 5.91 Å². The highest BCUT2D eigenvalue weighted by Gasteiger charge is 2.11. The number of aromatic nitrogens is 2. The molecule has 30 heavy (non-hydrogen) atoms. The normalized spacial score (nSPS) is 10.5. The van der Waals surface area contributed by atoms with Gasteiger partial charge in [0, 0.05) is 38.1 Å². The van der Waals surface area contributed by atoms with E-state index >= 15 is 0 Å². The van der Waals surface area contributed by atoms with Gasteiger partial charge in [0.15, 0.2) is 0 Å². The van der Waals surface area contributed by atoms with Gasteiger partial charge in [-0.25, -0.2) is 9.37 Å². The average molecular weight is 431 g/mol. The Kier molecular flexibility index (Phi) is 7.03. The number of halogens is 2. The first-order valence-corrected chi connectivity index (χ1v) is 9.52. The molecular formula is C21H20ClFN4O3. The van der Waals surface area contributed by atoms with E-state index in [0.29, 0.717) is 18.0 Å². The van der Waals surface area contributed by atoms with E-state index in [2.05, 4.69) is 15.6 Å². The third kappa shape index (κ3) is 5.81. The first kappa shape index (κ1) is 21.3. The Balaban J connectivity index is 1.42. The maximum atomic E-state index is 13.0. The fourth-order valence-electron chi connectivity index (χ4n) is 2.60. The van der Waals surface area contributed by atoms with Crippen molar-refractivity contribution in [2.75, 3.05) is 11.9 Å². The lowest BCUT2D eigenvalue weighted by Gasteiger charge is -2.09. The smallest absolute Gasteiger partial charge is 0.252 e. The minimum Gasteiger partial charge on any atom is -0.486 e. The standard InChI is InChI=1S/C21H20ClFN4O3/c1-27-11-10-24-19(27)13-30-16-5-3-15(4-6-16)26-20(28)8-9-25-21(29)17-7-2-14(23)12-18(17)22/h2-7,10-12H,8-9,13H2,1H3,(H,25,29)(H,26,28). The van der Waals surface area contributed by atoms with Crippen LogP contribution in [0.15, 0.2) is 54.9 Å². The van der Waals surface area contributed by atoms with Gasteiger partial charge in [0.25, 0.3) is 5.91 Å². The molecule has 2 amide bonds. The van der Waals surface area contributed by atoms with Crippen molar-refractivity contribution in [3.05, 3.63) is 77.1 Å². The topological polar surface area (TPSA) is 85.2 Å². The third-order valence-corrected chi connectivity index (χ3v) is 4.55. The van der Waals surface area contributed by atoms with Crippen LogP contribution in [0.3, 0.4) is 0 Å². The second-order valence-corrected chi connectivity index (χ2v) is 6.85. The molecule has 0 unspecified atom stereocenters. The number of nitrogens with zero attached hydrogens (tertiary/aromatic N) is 2. The first-order chi connectivity index (χ1) is 14.4. The summed E-state index contributed by atoms with van der Waals surface area (Å²) in [5.41, 5.74) is 0.761. The highest BCUT2D eigenvalue weighted by atomic mass is 35.5. The summed E-state index contributed by atoms with van der Waals surface area (Å²) in [6.07, 6.45) is 3.62. The number of benzene rings is 2. The Labute approximate surface area is 177 Å². The Morgan fingerprint density at radius 2 is 1.97 bits per heavy atom. The zero-order valence-corrected chi connectivity index (χ0v) is 16.9. The van der Waals surface area contributed by atoms with Gasteiger partial charge in [-0.2, -0.15) is 0 Å². The highest BCUT2D eigenvalue weighted by Crippen LogP contribution is 2.18. The van der Waals surface area contributed by atoms with Crippen molar-refractivity contribution in [1.29, 1.82) is 0 Å².